The predicted molar refractivity (Wildman–Crippen MR) is 82.5 cm³/mol. The molecule has 3 rings (SSSR count). The highest BCUT2D eigenvalue weighted by atomic mass is 16.5. The van der Waals surface area contributed by atoms with Crippen molar-refractivity contribution in [3.8, 4) is 0 Å². The molecule has 0 saturated heterocycles. The third-order valence-corrected chi connectivity index (χ3v) is 4.53. The Hall–Kier alpha value is -1.80. The molecule has 8 heteroatoms. The second-order valence-corrected chi connectivity index (χ2v) is 6.12. The zero-order chi connectivity index (χ0) is 16.1. The molecule has 0 bridgehead atoms. The van der Waals surface area contributed by atoms with Crippen molar-refractivity contribution in [1.82, 2.24) is 30.2 Å². The van der Waals surface area contributed by atoms with Crippen molar-refractivity contribution in [2.24, 2.45) is 5.92 Å². The van der Waals surface area contributed by atoms with E-state index in [9.17, 15) is 0 Å². The molecule has 1 saturated carbocycles. The van der Waals surface area contributed by atoms with Crippen LogP contribution in [0.1, 0.15) is 56.6 Å². The van der Waals surface area contributed by atoms with Crippen molar-refractivity contribution in [3.63, 3.8) is 0 Å². The van der Waals surface area contributed by atoms with Gasteiger partial charge in [-0.25, -0.2) is 9.67 Å². The van der Waals surface area contributed by atoms with Crippen molar-refractivity contribution >= 4 is 0 Å². The maximum absolute atomic E-state index is 9.17. The number of ether oxygens (including phenoxy) is 1. The highest BCUT2D eigenvalue weighted by Gasteiger charge is 2.22. The molecule has 0 amide bonds. The molecule has 126 valence electrons. The number of aromatic nitrogens is 6. The van der Waals surface area contributed by atoms with Crippen LogP contribution in [0.15, 0.2) is 12.5 Å². The van der Waals surface area contributed by atoms with Crippen LogP contribution < -0.4 is 0 Å². The Balaban J connectivity index is 1.53. The average molecular weight is 320 g/mol. The van der Waals surface area contributed by atoms with Crippen LogP contribution in [0, 0.1) is 5.92 Å². The molecule has 2 heterocycles. The molecule has 1 aliphatic carbocycles. The molecule has 1 fully saturated rings. The van der Waals surface area contributed by atoms with Crippen LogP contribution in [0.25, 0.3) is 0 Å². The summed E-state index contributed by atoms with van der Waals surface area (Å²) >= 11 is 0. The monoisotopic (exact) mass is 320 g/mol. The first-order valence-electron chi connectivity index (χ1n) is 8.28. The second-order valence-electron chi connectivity index (χ2n) is 6.12. The molecule has 0 spiro atoms. The Labute approximate surface area is 135 Å². The molecule has 1 atom stereocenters. The van der Waals surface area contributed by atoms with Gasteiger partial charge in [0, 0.05) is 6.61 Å². The average Bonchev–Trinajstić information content (AvgIpc) is 3.27. The van der Waals surface area contributed by atoms with Crippen LogP contribution in [0.3, 0.4) is 0 Å². The van der Waals surface area contributed by atoms with E-state index in [1.54, 1.807) is 0 Å². The van der Waals surface area contributed by atoms with Gasteiger partial charge in [-0.15, -0.1) is 5.10 Å². The molecule has 0 aliphatic heterocycles. The van der Waals surface area contributed by atoms with Gasteiger partial charge >= 0.3 is 0 Å². The first kappa shape index (κ1) is 16.1. The maximum Gasteiger partial charge on any atom is 0.149 e. The van der Waals surface area contributed by atoms with Crippen LogP contribution in [0.4, 0.5) is 0 Å². The summed E-state index contributed by atoms with van der Waals surface area (Å²) in [6.07, 6.45) is 8.62. The van der Waals surface area contributed by atoms with Gasteiger partial charge in [-0.3, -0.25) is 5.10 Å². The minimum absolute atomic E-state index is 0.0127. The number of aliphatic hydroxyl groups excluding tert-OH is 1. The van der Waals surface area contributed by atoms with Crippen molar-refractivity contribution in [2.45, 2.75) is 57.8 Å². The van der Waals surface area contributed by atoms with E-state index in [1.165, 1.54) is 6.33 Å². The summed E-state index contributed by atoms with van der Waals surface area (Å²) in [5.41, 5.74) is 0.826. The molecular weight excluding hydrogens is 296 g/mol. The minimum atomic E-state index is 0.0127. The highest BCUT2D eigenvalue weighted by Crippen LogP contribution is 2.26. The Morgan fingerprint density at radius 1 is 1.39 bits per heavy atom. The quantitative estimate of drug-likeness (QED) is 0.801. The van der Waals surface area contributed by atoms with E-state index in [1.807, 2.05) is 10.9 Å². The zero-order valence-electron chi connectivity index (χ0n) is 13.4. The number of aliphatic hydroxyl groups is 1. The summed E-state index contributed by atoms with van der Waals surface area (Å²) in [6.45, 7) is 2.84. The first-order valence-corrected chi connectivity index (χ1v) is 8.28. The number of aromatic amines is 1. The molecule has 1 unspecified atom stereocenters. The lowest BCUT2D eigenvalue weighted by Crippen LogP contribution is -2.23. The molecule has 0 aromatic carbocycles. The number of nitrogens with zero attached hydrogens (tertiary/aromatic N) is 5. The fourth-order valence-electron chi connectivity index (χ4n) is 3.10. The van der Waals surface area contributed by atoms with E-state index in [2.05, 4.69) is 32.4 Å². The fraction of sp³-hybridized carbons (Fsp3) is 0.733. The Morgan fingerprint density at radius 2 is 2.22 bits per heavy atom. The lowest BCUT2D eigenvalue weighted by molar-refractivity contribution is -0.000191. The molecule has 2 N–H and O–H groups in total. The van der Waals surface area contributed by atoms with Gasteiger partial charge < -0.3 is 9.84 Å². The number of hydrogen-bond donors (Lipinski definition) is 2. The topological polar surface area (TPSA) is 102 Å². The van der Waals surface area contributed by atoms with Gasteiger partial charge in [0.2, 0.25) is 0 Å². The fourth-order valence-corrected chi connectivity index (χ4v) is 3.10. The largest absolute Gasteiger partial charge is 0.396 e. The van der Waals surface area contributed by atoms with Gasteiger partial charge in [-0.1, -0.05) is 12.1 Å². The van der Waals surface area contributed by atoms with E-state index >= 15 is 0 Å². The summed E-state index contributed by atoms with van der Waals surface area (Å²) < 4.78 is 7.75. The molecule has 0 radical (unpaired) electrons. The lowest BCUT2D eigenvalue weighted by Gasteiger charge is -2.27. The standard InChI is InChI=1S/C15H24N6O2/c1-2-14(15-16-10-17-19-15)21-7-12(18-20-21)9-23-13-5-3-11(8-22)4-6-13/h7,10-11,13-14,22H,2-6,8-9H2,1H3,(H,16,17,19). The molecule has 8 nitrogen and oxygen atoms in total. The Bertz CT molecular complexity index is 577. The summed E-state index contributed by atoms with van der Waals surface area (Å²) in [7, 11) is 0. The predicted octanol–water partition coefficient (Wildman–Crippen LogP) is 1.46. The SMILES string of the molecule is CCC(c1ncn[nH]1)n1cc(COC2CCC(CO)CC2)nn1. The number of rotatable bonds is 7. The van der Waals surface area contributed by atoms with Gasteiger partial charge in [0.25, 0.3) is 0 Å². The molecule has 23 heavy (non-hydrogen) atoms. The maximum atomic E-state index is 9.17. The van der Waals surface area contributed by atoms with Crippen LogP contribution in [0.5, 0.6) is 0 Å². The minimum Gasteiger partial charge on any atom is -0.396 e. The zero-order valence-corrected chi connectivity index (χ0v) is 13.4. The van der Waals surface area contributed by atoms with Crippen LogP contribution in [-0.2, 0) is 11.3 Å². The van der Waals surface area contributed by atoms with Crippen LogP contribution >= 0.6 is 0 Å². The van der Waals surface area contributed by atoms with E-state index in [4.69, 9.17) is 9.84 Å². The highest BCUT2D eigenvalue weighted by molar-refractivity contribution is 4.98. The summed E-state index contributed by atoms with van der Waals surface area (Å²) in [5.74, 6) is 1.23. The van der Waals surface area contributed by atoms with Crippen LogP contribution in [-0.4, -0.2) is 48.0 Å². The summed E-state index contributed by atoms with van der Waals surface area (Å²) in [6, 6.07) is 0.0127. The summed E-state index contributed by atoms with van der Waals surface area (Å²) in [4.78, 5) is 4.20. The molecule has 2 aromatic rings. The van der Waals surface area contributed by atoms with E-state index in [-0.39, 0.29) is 12.1 Å². The van der Waals surface area contributed by atoms with E-state index in [0.717, 1.165) is 43.6 Å². The first-order chi connectivity index (χ1) is 11.3. The number of nitrogens with one attached hydrogen (secondary N) is 1. The van der Waals surface area contributed by atoms with Crippen molar-refractivity contribution < 1.29 is 9.84 Å². The van der Waals surface area contributed by atoms with Gasteiger partial charge in [-0.2, -0.15) is 5.10 Å². The van der Waals surface area contributed by atoms with Crippen molar-refractivity contribution in [3.05, 3.63) is 24.0 Å². The normalized spacial score (nSPS) is 23.0. The van der Waals surface area contributed by atoms with Crippen molar-refractivity contribution in [2.75, 3.05) is 6.61 Å². The number of hydrogen-bond acceptors (Lipinski definition) is 6. The van der Waals surface area contributed by atoms with E-state index < -0.39 is 0 Å². The smallest absolute Gasteiger partial charge is 0.149 e. The molecule has 2 aromatic heterocycles. The third kappa shape index (κ3) is 3.94. The Kier molecular flexibility index (Phi) is 5.35. The van der Waals surface area contributed by atoms with Gasteiger partial charge in [0.15, 0.2) is 0 Å². The number of H-pyrrole nitrogens is 1. The van der Waals surface area contributed by atoms with Gasteiger partial charge in [-0.05, 0) is 38.0 Å². The van der Waals surface area contributed by atoms with Crippen LogP contribution in [0.2, 0.25) is 0 Å². The lowest BCUT2D eigenvalue weighted by atomic mass is 9.88. The second kappa shape index (κ2) is 7.65. The van der Waals surface area contributed by atoms with Gasteiger partial charge in [0.1, 0.15) is 23.9 Å². The molecular formula is C15H24N6O2. The van der Waals surface area contributed by atoms with Crippen molar-refractivity contribution in [1.29, 1.82) is 0 Å². The van der Waals surface area contributed by atoms with E-state index in [0.29, 0.717) is 19.1 Å². The molecule has 1 aliphatic rings. The Morgan fingerprint density at radius 3 is 2.87 bits per heavy atom. The van der Waals surface area contributed by atoms with Gasteiger partial charge in [0.05, 0.1) is 18.9 Å². The third-order valence-electron chi connectivity index (χ3n) is 4.53. The summed E-state index contributed by atoms with van der Waals surface area (Å²) in [5, 5.41) is 24.3.